The van der Waals surface area contributed by atoms with E-state index in [1.54, 1.807) is 25.2 Å². The minimum absolute atomic E-state index is 0.0293. The topological polar surface area (TPSA) is 155 Å². The SMILES string of the molecule is CC[C@@H]1OC(=O)/C=C/[C@@H](C)[C@@H](O[C@@H]2O[C@H](C)C[C@H](N(C)C)[C@H]2O)[C@H](C)C[C@@H](C)C(=O)/C=C/[C@@H]2O[C@H]2[C@@H]1CO[C@@H]1O[C@H](C)[C@@H](O)[C@@H](OC)[C@H]1OC. The Balaban J connectivity index is 1.56. The van der Waals surface area contributed by atoms with Crippen LogP contribution in [0.5, 0.6) is 0 Å². The molecule has 0 saturated carbocycles. The van der Waals surface area contributed by atoms with Gasteiger partial charge in [-0.15, -0.1) is 0 Å². The van der Waals surface area contributed by atoms with Gasteiger partial charge in [0.25, 0.3) is 0 Å². The summed E-state index contributed by atoms with van der Waals surface area (Å²) in [5, 5.41) is 21.8. The number of likely N-dealkylation sites (N-methyl/N-ethyl adjacent to an activating group) is 1. The molecule has 0 spiro atoms. The van der Waals surface area contributed by atoms with Crippen LogP contribution in [0.1, 0.15) is 60.8 Å². The smallest absolute Gasteiger partial charge is 0.330 e. The summed E-state index contributed by atoms with van der Waals surface area (Å²) in [5.74, 6) is -1.66. The number of hydrogen-bond acceptors (Lipinski definition) is 13. The summed E-state index contributed by atoms with van der Waals surface area (Å²) in [6.45, 7) is 11.6. The number of nitrogens with zero attached hydrogens (tertiary/aromatic N) is 1. The van der Waals surface area contributed by atoms with Gasteiger partial charge in [-0.1, -0.05) is 33.8 Å². The normalized spacial score (nSPS) is 46.2. The fraction of sp³-hybridized carbons (Fsp3) is 0.838. The Hall–Kier alpha value is -1.78. The molecule has 0 aromatic heterocycles. The highest BCUT2D eigenvalue weighted by atomic mass is 16.7. The first kappa shape index (κ1) is 41.0. The van der Waals surface area contributed by atoms with Crippen molar-refractivity contribution in [2.75, 3.05) is 34.9 Å². The minimum atomic E-state index is -0.904. The Bertz CT molecular complexity index is 1170. The zero-order valence-corrected chi connectivity index (χ0v) is 31.4. The fourth-order valence-electron chi connectivity index (χ4n) is 7.64. The Labute approximate surface area is 297 Å². The Morgan fingerprint density at radius 1 is 0.860 bits per heavy atom. The largest absolute Gasteiger partial charge is 0.459 e. The zero-order valence-electron chi connectivity index (χ0n) is 31.4. The standard InChI is InChI=1S/C37H61NO12/c1-11-27-24(18-45-37-35(44-10)34(43-9)30(41)23(6)47-37)33-28(49-33)14-13-26(39)20(3)16-21(4)32(19(2)12-15-29(40)48-27)50-36-31(42)25(38(7)8)17-22(5)46-36/h12-15,19-25,27-28,30-37,41-42H,11,16-18H2,1-10H3/b14-13+,15-12+/t19-,20-,21-,22-,23-,24-,25+,27+,28+,30-,31-,32-,33+,34-,35-,36+,37-/m1/s1. The maximum atomic E-state index is 13.4. The van der Waals surface area contributed by atoms with E-state index in [1.165, 1.54) is 20.3 Å². The van der Waals surface area contributed by atoms with Crippen LogP contribution in [-0.2, 0) is 47.5 Å². The van der Waals surface area contributed by atoms with Gasteiger partial charge in [-0.2, -0.15) is 0 Å². The lowest BCUT2D eigenvalue weighted by molar-refractivity contribution is -0.305. The number of carbonyl (C=O) groups excluding carboxylic acids is 2. The summed E-state index contributed by atoms with van der Waals surface area (Å²) in [4.78, 5) is 28.7. The molecule has 0 radical (unpaired) electrons. The molecule has 4 rings (SSSR count). The number of rotatable bonds is 9. The van der Waals surface area contributed by atoms with Crippen molar-refractivity contribution >= 4 is 11.8 Å². The van der Waals surface area contributed by atoms with Crippen LogP contribution >= 0.6 is 0 Å². The highest BCUT2D eigenvalue weighted by molar-refractivity contribution is 5.91. The van der Waals surface area contributed by atoms with Crippen LogP contribution in [0.15, 0.2) is 24.3 Å². The lowest BCUT2D eigenvalue weighted by atomic mass is 9.84. The molecule has 0 amide bonds. The van der Waals surface area contributed by atoms with Crippen molar-refractivity contribution in [1.82, 2.24) is 4.90 Å². The number of cyclic esters (lactones) is 1. The van der Waals surface area contributed by atoms with E-state index in [-0.39, 0.29) is 54.5 Å². The number of epoxide rings is 1. The first-order valence-electron chi connectivity index (χ1n) is 18.1. The summed E-state index contributed by atoms with van der Waals surface area (Å²) in [6.07, 6.45) is 0.848. The van der Waals surface area contributed by atoms with Crippen LogP contribution in [-0.4, -0.2) is 141 Å². The molecule has 0 aromatic rings. The van der Waals surface area contributed by atoms with E-state index in [2.05, 4.69) is 0 Å². The molecular formula is C37H61NO12. The average molecular weight is 712 g/mol. The second-order valence-electron chi connectivity index (χ2n) is 14.8. The van der Waals surface area contributed by atoms with Gasteiger partial charge in [-0.3, -0.25) is 4.79 Å². The molecule has 13 heteroatoms. The average Bonchev–Trinajstić information content (AvgIpc) is 3.85. The fourth-order valence-corrected chi connectivity index (χ4v) is 7.64. The van der Waals surface area contributed by atoms with Gasteiger partial charge in [0, 0.05) is 44.1 Å². The molecule has 50 heavy (non-hydrogen) atoms. The van der Waals surface area contributed by atoms with Crippen LogP contribution < -0.4 is 0 Å². The van der Waals surface area contributed by atoms with Crippen molar-refractivity contribution in [3.63, 3.8) is 0 Å². The van der Waals surface area contributed by atoms with Crippen LogP contribution in [0.4, 0.5) is 0 Å². The molecule has 0 aromatic carbocycles. The van der Waals surface area contributed by atoms with Crippen LogP contribution in [0, 0.1) is 23.7 Å². The molecule has 0 bridgehead atoms. The first-order chi connectivity index (χ1) is 23.7. The molecule has 286 valence electrons. The molecular weight excluding hydrogens is 650 g/mol. The van der Waals surface area contributed by atoms with Gasteiger partial charge in [0.05, 0.1) is 31.0 Å². The van der Waals surface area contributed by atoms with Crippen LogP contribution in [0.2, 0.25) is 0 Å². The number of carbonyl (C=O) groups is 2. The van der Waals surface area contributed by atoms with E-state index < -0.39 is 67.2 Å². The molecule has 4 aliphatic rings. The summed E-state index contributed by atoms with van der Waals surface area (Å²) >= 11 is 0. The quantitative estimate of drug-likeness (QED) is 0.266. The number of aliphatic hydroxyl groups is 2. The number of allylic oxidation sites excluding steroid dienone is 1. The molecule has 3 saturated heterocycles. The van der Waals surface area contributed by atoms with Gasteiger partial charge < -0.3 is 53.0 Å². The molecule has 4 heterocycles. The molecule has 0 aliphatic carbocycles. The Morgan fingerprint density at radius 3 is 2.20 bits per heavy atom. The lowest BCUT2D eigenvalue weighted by Gasteiger charge is -2.43. The molecule has 17 atom stereocenters. The number of hydrogen-bond donors (Lipinski definition) is 2. The van der Waals surface area contributed by atoms with Gasteiger partial charge in [0.2, 0.25) is 0 Å². The maximum Gasteiger partial charge on any atom is 0.330 e. The number of fused-ring (bicyclic) bond motifs is 1. The number of aliphatic hydroxyl groups excluding tert-OH is 2. The van der Waals surface area contributed by atoms with Gasteiger partial charge >= 0.3 is 5.97 Å². The van der Waals surface area contributed by atoms with Gasteiger partial charge in [0.15, 0.2) is 18.4 Å². The van der Waals surface area contributed by atoms with Crippen molar-refractivity contribution in [1.29, 1.82) is 0 Å². The number of ether oxygens (including phenoxy) is 8. The van der Waals surface area contributed by atoms with Crippen molar-refractivity contribution in [3.8, 4) is 0 Å². The summed E-state index contributed by atoms with van der Waals surface area (Å²) < 4.78 is 48.1. The Morgan fingerprint density at radius 2 is 1.56 bits per heavy atom. The van der Waals surface area contributed by atoms with Crippen molar-refractivity contribution in [2.45, 2.75) is 140 Å². The highest BCUT2D eigenvalue weighted by Crippen LogP contribution is 2.37. The molecule has 0 unspecified atom stereocenters. The van der Waals surface area contributed by atoms with Crippen molar-refractivity contribution in [2.24, 2.45) is 23.7 Å². The second kappa shape index (κ2) is 18.3. The monoisotopic (exact) mass is 711 g/mol. The van der Waals surface area contributed by atoms with Gasteiger partial charge in [-0.05, 0) is 65.3 Å². The third kappa shape index (κ3) is 10.00. The molecule has 4 aliphatic heterocycles. The minimum Gasteiger partial charge on any atom is -0.459 e. The van der Waals surface area contributed by atoms with Gasteiger partial charge in [0.1, 0.15) is 36.6 Å². The van der Waals surface area contributed by atoms with E-state index >= 15 is 0 Å². The first-order valence-corrected chi connectivity index (χ1v) is 18.1. The van der Waals surface area contributed by atoms with Crippen molar-refractivity contribution in [3.05, 3.63) is 24.3 Å². The predicted octanol–water partition coefficient (Wildman–Crippen LogP) is 2.65. The number of esters is 1. The maximum absolute atomic E-state index is 13.4. The van der Waals surface area contributed by atoms with E-state index in [0.29, 0.717) is 19.3 Å². The molecule has 3 fully saturated rings. The zero-order chi connectivity index (χ0) is 36.9. The molecule has 2 N–H and O–H groups in total. The third-order valence-electron chi connectivity index (χ3n) is 10.7. The summed E-state index contributed by atoms with van der Waals surface area (Å²) in [6, 6.07) is -0.144. The second-order valence-corrected chi connectivity index (χ2v) is 14.8. The number of methoxy groups -OCH3 is 2. The van der Waals surface area contributed by atoms with E-state index in [1.807, 2.05) is 53.6 Å². The predicted molar refractivity (Wildman–Crippen MR) is 183 cm³/mol. The van der Waals surface area contributed by atoms with E-state index in [0.717, 1.165) is 0 Å². The van der Waals surface area contributed by atoms with E-state index in [4.69, 9.17) is 37.9 Å². The lowest BCUT2D eigenvalue weighted by Crippen LogP contribution is -2.59. The molecule has 13 nitrogen and oxygen atoms in total. The van der Waals surface area contributed by atoms with Crippen molar-refractivity contribution < 1.29 is 57.7 Å². The van der Waals surface area contributed by atoms with E-state index in [9.17, 15) is 19.8 Å². The highest BCUT2D eigenvalue weighted by Gasteiger charge is 2.50. The third-order valence-corrected chi connectivity index (χ3v) is 10.7. The summed E-state index contributed by atoms with van der Waals surface area (Å²) in [5.41, 5.74) is 0. The summed E-state index contributed by atoms with van der Waals surface area (Å²) in [7, 11) is 6.85. The Kier molecular flexibility index (Phi) is 15.0. The number of ketones is 1. The van der Waals surface area contributed by atoms with Gasteiger partial charge in [-0.25, -0.2) is 4.79 Å². The van der Waals surface area contributed by atoms with Crippen LogP contribution in [0.3, 0.4) is 0 Å². The van der Waals surface area contributed by atoms with Crippen LogP contribution in [0.25, 0.3) is 0 Å².